The predicted octanol–water partition coefficient (Wildman–Crippen LogP) is 0.713. The number of aromatic amines is 1. The molecular weight excluding hydrogens is 178 g/mol. The van der Waals surface area contributed by atoms with E-state index in [-0.39, 0.29) is 11.4 Å². The summed E-state index contributed by atoms with van der Waals surface area (Å²) in [6.45, 7) is 5.55. The first-order valence-electron chi connectivity index (χ1n) is 4.64. The molecule has 14 heavy (non-hydrogen) atoms. The number of H-pyrrole nitrogens is 1. The lowest BCUT2D eigenvalue weighted by molar-refractivity contribution is -0.123. The first-order valence-corrected chi connectivity index (χ1v) is 4.64. The topological polar surface area (TPSA) is 70.9 Å². The van der Waals surface area contributed by atoms with E-state index in [4.69, 9.17) is 5.73 Å². The summed E-state index contributed by atoms with van der Waals surface area (Å²) in [4.78, 5) is 14.4. The van der Waals surface area contributed by atoms with Gasteiger partial charge in [0.15, 0.2) is 0 Å². The van der Waals surface area contributed by atoms with E-state index in [1.54, 1.807) is 6.92 Å². The van der Waals surface area contributed by atoms with Crippen LogP contribution in [0, 0.1) is 0 Å². The number of rotatable bonds is 3. The Balaban J connectivity index is 2.72. The van der Waals surface area contributed by atoms with E-state index in [1.807, 2.05) is 32.3 Å². The number of aromatic nitrogens is 1. The van der Waals surface area contributed by atoms with Crippen LogP contribution >= 0.6 is 0 Å². The van der Waals surface area contributed by atoms with Crippen molar-refractivity contribution < 1.29 is 4.79 Å². The van der Waals surface area contributed by atoms with Gasteiger partial charge in [-0.2, -0.15) is 0 Å². The monoisotopic (exact) mass is 195 g/mol. The highest BCUT2D eigenvalue weighted by Crippen LogP contribution is 2.18. The lowest BCUT2D eigenvalue weighted by Crippen LogP contribution is -2.47. The van der Waals surface area contributed by atoms with Crippen LogP contribution < -0.4 is 11.1 Å². The van der Waals surface area contributed by atoms with Crippen LogP contribution in [-0.2, 0) is 10.3 Å². The molecule has 0 saturated carbocycles. The highest BCUT2D eigenvalue weighted by atomic mass is 16.2. The van der Waals surface area contributed by atoms with Crippen LogP contribution in [0.2, 0.25) is 0 Å². The summed E-state index contributed by atoms with van der Waals surface area (Å²) in [5.41, 5.74) is 6.13. The van der Waals surface area contributed by atoms with Gasteiger partial charge in [-0.05, 0) is 32.4 Å². The van der Waals surface area contributed by atoms with E-state index >= 15 is 0 Å². The highest BCUT2D eigenvalue weighted by Gasteiger charge is 2.24. The van der Waals surface area contributed by atoms with Crippen molar-refractivity contribution in [2.75, 3.05) is 0 Å². The Hall–Kier alpha value is -1.29. The lowest BCUT2D eigenvalue weighted by atomic mass is 9.97. The minimum Gasteiger partial charge on any atom is -0.367 e. The van der Waals surface area contributed by atoms with E-state index in [1.165, 1.54) is 0 Å². The zero-order valence-corrected chi connectivity index (χ0v) is 8.79. The Kier molecular flexibility index (Phi) is 2.96. The van der Waals surface area contributed by atoms with Gasteiger partial charge in [0, 0.05) is 12.4 Å². The van der Waals surface area contributed by atoms with Crippen molar-refractivity contribution in [3.8, 4) is 0 Å². The van der Waals surface area contributed by atoms with Crippen LogP contribution in [0.25, 0.3) is 0 Å². The molecule has 4 nitrogen and oxygen atoms in total. The first-order chi connectivity index (χ1) is 6.43. The van der Waals surface area contributed by atoms with E-state index in [0.717, 1.165) is 5.56 Å². The van der Waals surface area contributed by atoms with Crippen molar-refractivity contribution >= 4 is 5.91 Å². The van der Waals surface area contributed by atoms with E-state index in [2.05, 4.69) is 10.3 Å². The SMILES string of the molecule is CC(N)C(=O)NC(C)(C)c1cc[nH]c1. The zero-order valence-electron chi connectivity index (χ0n) is 8.79. The molecule has 0 saturated heterocycles. The van der Waals surface area contributed by atoms with Gasteiger partial charge in [0.25, 0.3) is 0 Å². The normalized spacial score (nSPS) is 13.7. The number of amides is 1. The molecule has 1 amide bonds. The summed E-state index contributed by atoms with van der Waals surface area (Å²) in [6, 6.07) is 1.45. The van der Waals surface area contributed by atoms with Crippen molar-refractivity contribution in [1.82, 2.24) is 10.3 Å². The Morgan fingerprint density at radius 3 is 2.71 bits per heavy atom. The molecule has 1 rings (SSSR count). The molecule has 0 fully saturated rings. The molecule has 0 radical (unpaired) electrons. The zero-order chi connectivity index (χ0) is 10.8. The summed E-state index contributed by atoms with van der Waals surface area (Å²) >= 11 is 0. The Morgan fingerprint density at radius 2 is 2.29 bits per heavy atom. The molecular formula is C10H17N3O. The molecule has 78 valence electrons. The van der Waals surface area contributed by atoms with Gasteiger partial charge in [0.1, 0.15) is 0 Å². The standard InChI is InChI=1S/C10H17N3O/c1-7(11)9(14)13-10(2,3)8-4-5-12-6-8/h4-7,12H,11H2,1-3H3,(H,13,14). The van der Waals surface area contributed by atoms with Gasteiger partial charge in [-0.1, -0.05) is 0 Å². The molecule has 1 atom stereocenters. The van der Waals surface area contributed by atoms with Crippen molar-refractivity contribution in [2.24, 2.45) is 5.73 Å². The van der Waals surface area contributed by atoms with Crippen molar-refractivity contribution in [3.63, 3.8) is 0 Å². The number of hydrogen-bond acceptors (Lipinski definition) is 2. The van der Waals surface area contributed by atoms with Crippen molar-refractivity contribution in [2.45, 2.75) is 32.4 Å². The maximum Gasteiger partial charge on any atom is 0.237 e. The number of carbonyl (C=O) groups excluding carboxylic acids is 1. The summed E-state index contributed by atoms with van der Waals surface area (Å²) in [5, 5.41) is 2.87. The van der Waals surface area contributed by atoms with Crippen LogP contribution in [0.15, 0.2) is 18.5 Å². The largest absolute Gasteiger partial charge is 0.367 e. The lowest BCUT2D eigenvalue weighted by Gasteiger charge is -2.26. The minimum atomic E-state index is -0.479. The predicted molar refractivity (Wildman–Crippen MR) is 55.6 cm³/mol. The summed E-state index contributed by atoms with van der Waals surface area (Å²) in [5.74, 6) is -0.142. The second-order valence-electron chi connectivity index (χ2n) is 4.00. The second-order valence-corrected chi connectivity index (χ2v) is 4.00. The fourth-order valence-electron chi connectivity index (χ4n) is 1.21. The summed E-state index contributed by atoms with van der Waals surface area (Å²) in [7, 11) is 0. The summed E-state index contributed by atoms with van der Waals surface area (Å²) < 4.78 is 0. The second kappa shape index (κ2) is 3.84. The molecule has 1 heterocycles. The molecule has 1 aromatic heterocycles. The average molecular weight is 195 g/mol. The van der Waals surface area contributed by atoms with Crippen LogP contribution in [0.1, 0.15) is 26.3 Å². The fourth-order valence-corrected chi connectivity index (χ4v) is 1.21. The first kappa shape index (κ1) is 10.8. The fraction of sp³-hybridized carbons (Fsp3) is 0.500. The third-order valence-corrected chi connectivity index (χ3v) is 2.17. The smallest absolute Gasteiger partial charge is 0.237 e. The van der Waals surface area contributed by atoms with Crippen molar-refractivity contribution in [1.29, 1.82) is 0 Å². The number of nitrogens with two attached hydrogens (primary N) is 1. The number of hydrogen-bond donors (Lipinski definition) is 3. The van der Waals surface area contributed by atoms with E-state index < -0.39 is 6.04 Å². The van der Waals surface area contributed by atoms with Crippen LogP contribution in [-0.4, -0.2) is 16.9 Å². The quantitative estimate of drug-likeness (QED) is 0.665. The molecule has 0 aliphatic rings. The molecule has 4 heteroatoms. The molecule has 0 aliphatic heterocycles. The van der Waals surface area contributed by atoms with E-state index in [0.29, 0.717) is 0 Å². The number of carbonyl (C=O) groups is 1. The van der Waals surface area contributed by atoms with Gasteiger partial charge < -0.3 is 16.0 Å². The Labute approximate surface area is 83.9 Å². The molecule has 1 unspecified atom stereocenters. The van der Waals surface area contributed by atoms with Gasteiger partial charge >= 0.3 is 0 Å². The maximum atomic E-state index is 11.4. The maximum absolute atomic E-state index is 11.4. The molecule has 4 N–H and O–H groups in total. The Morgan fingerprint density at radius 1 is 1.64 bits per heavy atom. The third-order valence-electron chi connectivity index (χ3n) is 2.17. The van der Waals surface area contributed by atoms with E-state index in [9.17, 15) is 4.79 Å². The van der Waals surface area contributed by atoms with Crippen LogP contribution in [0.5, 0.6) is 0 Å². The minimum absolute atomic E-state index is 0.142. The van der Waals surface area contributed by atoms with Gasteiger partial charge in [0.2, 0.25) is 5.91 Å². The third kappa shape index (κ3) is 2.35. The van der Waals surface area contributed by atoms with Crippen LogP contribution in [0.3, 0.4) is 0 Å². The average Bonchev–Trinajstić information content (AvgIpc) is 2.54. The van der Waals surface area contributed by atoms with Gasteiger partial charge in [0.05, 0.1) is 11.6 Å². The van der Waals surface area contributed by atoms with Crippen molar-refractivity contribution in [3.05, 3.63) is 24.0 Å². The highest BCUT2D eigenvalue weighted by molar-refractivity contribution is 5.81. The molecule has 0 aromatic carbocycles. The molecule has 0 spiro atoms. The Bertz CT molecular complexity index is 301. The van der Waals surface area contributed by atoms with Gasteiger partial charge in [-0.15, -0.1) is 0 Å². The summed E-state index contributed by atoms with van der Waals surface area (Å²) in [6.07, 6.45) is 3.69. The molecule has 1 aromatic rings. The molecule has 0 aliphatic carbocycles. The van der Waals surface area contributed by atoms with Gasteiger partial charge in [-0.3, -0.25) is 4.79 Å². The number of nitrogens with one attached hydrogen (secondary N) is 2. The van der Waals surface area contributed by atoms with Gasteiger partial charge in [-0.25, -0.2) is 0 Å². The molecule has 0 bridgehead atoms. The van der Waals surface area contributed by atoms with Crippen LogP contribution in [0.4, 0.5) is 0 Å².